The highest BCUT2D eigenvalue weighted by Crippen LogP contribution is 1.94. The van der Waals surface area contributed by atoms with Gasteiger partial charge in [0.15, 0.2) is 0 Å². The molecule has 0 nitrogen and oxygen atoms in total. The molecule has 3 heteroatoms. The first-order valence-corrected chi connectivity index (χ1v) is 6.76. The summed E-state index contributed by atoms with van der Waals surface area (Å²) in [7, 11) is -0.266. The van der Waals surface area contributed by atoms with E-state index in [4.69, 9.17) is 0 Å². The van der Waals surface area contributed by atoms with Gasteiger partial charge in [-0.25, -0.2) is 0 Å². The van der Waals surface area contributed by atoms with Crippen molar-refractivity contribution in [1.29, 1.82) is 0 Å². The average Bonchev–Trinajstić information content (AvgIpc) is 2.25. The van der Waals surface area contributed by atoms with Gasteiger partial charge in [0, 0.05) is 0 Å². The summed E-state index contributed by atoms with van der Waals surface area (Å²) in [6.45, 7) is 4.27. The predicted molar refractivity (Wildman–Crippen MR) is 84.7 cm³/mol. The number of rotatable bonds is 2. The second kappa shape index (κ2) is 7.54. The summed E-state index contributed by atoms with van der Waals surface area (Å²) in [6, 6.07) is 17.9. The van der Waals surface area contributed by atoms with Gasteiger partial charge in [-0.05, 0) is 13.8 Å². The Kier molecular flexibility index (Phi) is 7.20. The molecule has 0 atom stereocenters. The average molecular weight is 285 g/mol. The highest BCUT2D eigenvalue weighted by molar-refractivity contribution is 6.67. The first-order chi connectivity index (χ1) is 7.24. The molecule has 17 heavy (non-hydrogen) atoms. The van der Waals surface area contributed by atoms with E-state index in [1.54, 1.807) is 0 Å². The minimum Gasteiger partial charge on any atom is -0.147 e. The fourth-order valence-electron chi connectivity index (χ4n) is 1.65. The monoisotopic (exact) mass is 284 g/mol. The first kappa shape index (κ1) is 16.2. The summed E-state index contributed by atoms with van der Waals surface area (Å²) in [6.07, 6.45) is 0. The lowest BCUT2D eigenvalue weighted by atomic mass is 10.2. The van der Waals surface area contributed by atoms with Crippen LogP contribution in [0.2, 0.25) is 0 Å². The van der Waals surface area contributed by atoms with Gasteiger partial charge in [0.1, 0.15) is 0 Å². The Bertz CT molecular complexity index is 391. The van der Waals surface area contributed by atoms with Crippen LogP contribution in [0.4, 0.5) is 0 Å². The van der Waals surface area contributed by atoms with E-state index in [1.807, 2.05) is 0 Å². The summed E-state index contributed by atoms with van der Waals surface area (Å²) >= 11 is 0. The maximum absolute atomic E-state index is 2.27. The number of benzene rings is 2. The highest BCUT2D eigenvalue weighted by atomic mass is 35.5. The Hall–Kier alpha value is -0.763. The van der Waals surface area contributed by atoms with E-state index in [1.165, 1.54) is 21.5 Å². The molecule has 92 valence electrons. The van der Waals surface area contributed by atoms with Gasteiger partial charge < -0.3 is 0 Å². The highest BCUT2D eigenvalue weighted by Gasteiger charge is 1.96. The Morgan fingerprint density at radius 2 is 0.882 bits per heavy atom. The lowest BCUT2D eigenvalue weighted by Crippen LogP contribution is -2.26. The zero-order chi connectivity index (χ0) is 10.7. The van der Waals surface area contributed by atoms with Crippen molar-refractivity contribution in [2.45, 2.75) is 13.8 Å². The zero-order valence-electron chi connectivity index (χ0n) is 10.1. The standard InChI is InChI=1S/C14H16Si.2ClH/c1-11-3-7-13(8-4-11)15-14-9-5-12(2)6-10-14;;/h3-10H,15H2,1-2H3;2*1H. The van der Waals surface area contributed by atoms with Crippen LogP contribution in [0.15, 0.2) is 48.5 Å². The van der Waals surface area contributed by atoms with Crippen molar-refractivity contribution in [2.24, 2.45) is 0 Å². The molecule has 2 aromatic carbocycles. The summed E-state index contributed by atoms with van der Waals surface area (Å²) in [5.41, 5.74) is 2.69. The fraction of sp³-hybridized carbons (Fsp3) is 0.143. The van der Waals surface area contributed by atoms with E-state index in [0.717, 1.165) is 0 Å². The predicted octanol–water partition coefficient (Wildman–Crippen LogP) is 2.27. The van der Waals surface area contributed by atoms with Gasteiger partial charge in [0.2, 0.25) is 0 Å². The zero-order valence-corrected chi connectivity index (χ0v) is 13.2. The number of hydrogen-bond acceptors (Lipinski definition) is 0. The van der Waals surface area contributed by atoms with Crippen LogP contribution >= 0.6 is 24.8 Å². The summed E-state index contributed by atoms with van der Waals surface area (Å²) < 4.78 is 0. The Labute approximate surface area is 118 Å². The van der Waals surface area contributed by atoms with Gasteiger partial charge in [-0.2, -0.15) is 0 Å². The molecule has 0 aliphatic heterocycles. The molecule has 0 bridgehead atoms. The third-order valence-corrected chi connectivity index (χ3v) is 4.41. The van der Waals surface area contributed by atoms with Gasteiger partial charge in [0.05, 0.1) is 9.52 Å². The normalized spacial score (nSPS) is 9.06. The van der Waals surface area contributed by atoms with Crippen LogP contribution in [0, 0.1) is 13.8 Å². The van der Waals surface area contributed by atoms with Gasteiger partial charge in [-0.1, -0.05) is 70.0 Å². The largest absolute Gasteiger partial charge is 0.147 e. The summed E-state index contributed by atoms with van der Waals surface area (Å²) in [5, 5.41) is 3.04. The molecule has 0 spiro atoms. The molecule has 2 rings (SSSR count). The number of aryl methyl sites for hydroxylation is 2. The maximum Gasteiger partial charge on any atom is 0.0875 e. The lowest BCUT2D eigenvalue weighted by Gasteiger charge is -2.02. The third-order valence-electron chi connectivity index (χ3n) is 2.65. The number of hydrogen-bond donors (Lipinski definition) is 0. The van der Waals surface area contributed by atoms with Crippen molar-refractivity contribution in [1.82, 2.24) is 0 Å². The smallest absolute Gasteiger partial charge is 0.0875 e. The molecule has 0 radical (unpaired) electrons. The molecule has 0 N–H and O–H groups in total. The van der Waals surface area contributed by atoms with Gasteiger partial charge in [0.25, 0.3) is 0 Å². The second-order valence-electron chi connectivity index (χ2n) is 4.15. The van der Waals surface area contributed by atoms with Gasteiger partial charge in [-0.3, -0.25) is 0 Å². The SMILES string of the molecule is Cc1ccc([SiH2]c2ccc(C)cc2)cc1.Cl.Cl. The van der Waals surface area contributed by atoms with E-state index in [2.05, 4.69) is 62.4 Å². The molecule has 0 heterocycles. The van der Waals surface area contributed by atoms with Crippen LogP contribution in [-0.2, 0) is 0 Å². The van der Waals surface area contributed by atoms with E-state index < -0.39 is 0 Å². The van der Waals surface area contributed by atoms with Crippen molar-refractivity contribution in [3.63, 3.8) is 0 Å². The van der Waals surface area contributed by atoms with Crippen molar-refractivity contribution < 1.29 is 0 Å². The van der Waals surface area contributed by atoms with Gasteiger partial charge >= 0.3 is 0 Å². The van der Waals surface area contributed by atoms with E-state index in [0.29, 0.717) is 0 Å². The molecule has 0 amide bonds. The van der Waals surface area contributed by atoms with Crippen LogP contribution in [0.25, 0.3) is 0 Å². The molecule has 0 aliphatic rings. The van der Waals surface area contributed by atoms with E-state index >= 15 is 0 Å². The van der Waals surface area contributed by atoms with Crippen LogP contribution in [0.5, 0.6) is 0 Å². The Morgan fingerprint density at radius 1 is 0.588 bits per heavy atom. The van der Waals surface area contributed by atoms with Crippen LogP contribution < -0.4 is 10.4 Å². The van der Waals surface area contributed by atoms with Crippen LogP contribution in [0.1, 0.15) is 11.1 Å². The summed E-state index contributed by atoms with van der Waals surface area (Å²) in [5.74, 6) is 0. The summed E-state index contributed by atoms with van der Waals surface area (Å²) in [4.78, 5) is 0. The van der Waals surface area contributed by atoms with E-state index in [9.17, 15) is 0 Å². The van der Waals surface area contributed by atoms with Gasteiger partial charge in [-0.15, -0.1) is 24.8 Å². The topological polar surface area (TPSA) is 0 Å². The third kappa shape index (κ3) is 4.94. The number of halogens is 2. The minimum absolute atomic E-state index is 0. The molecule has 0 aliphatic carbocycles. The molecule has 0 saturated heterocycles. The fourth-order valence-corrected chi connectivity index (χ4v) is 3.06. The van der Waals surface area contributed by atoms with Crippen molar-refractivity contribution in [2.75, 3.05) is 0 Å². The molecule has 0 aromatic heterocycles. The molecule has 0 saturated carbocycles. The van der Waals surface area contributed by atoms with E-state index in [-0.39, 0.29) is 34.3 Å². The molecule has 2 aromatic rings. The van der Waals surface area contributed by atoms with Crippen molar-refractivity contribution in [3.8, 4) is 0 Å². The van der Waals surface area contributed by atoms with Crippen LogP contribution in [-0.4, -0.2) is 9.52 Å². The second-order valence-corrected chi connectivity index (χ2v) is 6.13. The van der Waals surface area contributed by atoms with Crippen molar-refractivity contribution in [3.05, 3.63) is 59.7 Å². The molecular weight excluding hydrogens is 267 g/mol. The Balaban J connectivity index is 0.00000128. The maximum atomic E-state index is 2.27. The first-order valence-electron chi connectivity index (χ1n) is 5.35. The molecule has 0 unspecified atom stereocenters. The molecular formula is C14H18Cl2Si. The van der Waals surface area contributed by atoms with Crippen LogP contribution in [0.3, 0.4) is 0 Å². The lowest BCUT2D eigenvalue weighted by molar-refractivity contribution is 1.48. The van der Waals surface area contributed by atoms with Crippen molar-refractivity contribution >= 4 is 44.7 Å². The Morgan fingerprint density at radius 3 is 1.18 bits per heavy atom. The quantitative estimate of drug-likeness (QED) is 0.743. The molecule has 0 fully saturated rings. The minimum atomic E-state index is -0.266.